The topological polar surface area (TPSA) is 115 Å². The van der Waals surface area contributed by atoms with Crippen LogP contribution in [-0.4, -0.2) is 62.8 Å². The molecular formula is C21H28N6O3. The Kier molecular flexibility index (Phi) is 6.10. The van der Waals surface area contributed by atoms with Gasteiger partial charge in [0.1, 0.15) is 12.1 Å². The average molecular weight is 412 g/mol. The second-order valence-corrected chi connectivity index (χ2v) is 7.86. The summed E-state index contributed by atoms with van der Waals surface area (Å²) in [5.41, 5.74) is 8.81. The largest absolute Gasteiger partial charge is 0.376 e. The maximum atomic E-state index is 12.8. The van der Waals surface area contributed by atoms with Crippen molar-refractivity contribution in [3.63, 3.8) is 0 Å². The summed E-state index contributed by atoms with van der Waals surface area (Å²) in [4.78, 5) is 31.6. The molecule has 0 spiro atoms. The van der Waals surface area contributed by atoms with E-state index in [1.54, 1.807) is 22.0 Å². The number of nitrogens with zero attached hydrogens (tertiary/aromatic N) is 4. The first-order valence-electron chi connectivity index (χ1n) is 10.4. The molecule has 2 saturated heterocycles. The third-order valence-electron chi connectivity index (χ3n) is 5.87. The fourth-order valence-corrected chi connectivity index (χ4v) is 4.17. The number of amides is 2. The van der Waals surface area contributed by atoms with Crippen LogP contribution in [0.5, 0.6) is 0 Å². The first-order valence-corrected chi connectivity index (χ1v) is 10.4. The van der Waals surface area contributed by atoms with Crippen molar-refractivity contribution in [2.24, 2.45) is 12.8 Å². The highest BCUT2D eigenvalue weighted by molar-refractivity contribution is 5.90. The fraction of sp³-hybridized carbons (Fsp3) is 0.524. The molecule has 3 atom stereocenters. The number of aromatic nitrogens is 3. The molecule has 160 valence electrons. The van der Waals surface area contributed by atoms with Gasteiger partial charge in [0.15, 0.2) is 0 Å². The minimum atomic E-state index is -0.706. The van der Waals surface area contributed by atoms with Crippen LogP contribution < -0.4 is 11.1 Å². The van der Waals surface area contributed by atoms with Crippen LogP contribution in [-0.2, 0) is 27.9 Å². The molecule has 3 N–H and O–H groups in total. The van der Waals surface area contributed by atoms with E-state index >= 15 is 0 Å². The lowest BCUT2D eigenvalue weighted by Gasteiger charge is -2.28. The summed E-state index contributed by atoms with van der Waals surface area (Å²) in [6.45, 7) is 1.50. The molecule has 2 aromatic rings. The molecule has 2 amide bonds. The Bertz CT molecular complexity index is 890. The SMILES string of the molecule is Cn1nccc1-c1ccc(CNC(=O)C2CCCN2C(=O)C(N)C2CCCO2)nc1. The number of ether oxygens (including phenoxy) is 1. The zero-order valence-corrected chi connectivity index (χ0v) is 17.2. The molecule has 0 aromatic carbocycles. The van der Waals surface area contributed by atoms with Gasteiger partial charge in [0, 0.05) is 38.2 Å². The van der Waals surface area contributed by atoms with Crippen LogP contribution in [0.4, 0.5) is 0 Å². The Hall–Kier alpha value is -2.78. The van der Waals surface area contributed by atoms with E-state index in [4.69, 9.17) is 10.5 Å². The summed E-state index contributed by atoms with van der Waals surface area (Å²) < 4.78 is 7.34. The summed E-state index contributed by atoms with van der Waals surface area (Å²) >= 11 is 0. The molecule has 0 bridgehead atoms. The van der Waals surface area contributed by atoms with Gasteiger partial charge in [0.05, 0.1) is 24.0 Å². The van der Waals surface area contributed by atoms with E-state index in [1.165, 1.54) is 0 Å². The molecule has 30 heavy (non-hydrogen) atoms. The molecule has 0 saturated carbocycles. The van der Waals surface area contributed by atoms with Crippen LogP contribution in [0.15, 0.2) is 30.6 Å². The van der Waals surface area contributed by atoms with E-state index in [-0.39, 0.29) is 17.9 Å². The highest BCUT2D eigenvalue weighted by Gasteiger charge is 2.39. The number of nitrogens with one attached hydrogen (secondary N) is 1. The van der Waals surface area contributed by atoms with Gasteiger partial charge < -0.3 is 20.7 Å². The Balaban J connectivity index is 1.34. The summed E-state index contributed by atoms with van der Waals surface area (Å²) in [7, 11) is 1.88. The van der Waals surface area contributed by atoms with Crippen molar-refractivity contribution in [3.05, 3.63) is 36.3 Å². The molecule has 3 unspecified atom stereocenters. The lowest BCUT2D eigenvalue weighted by Crippen LogP contribution is -2.54. The lowest BCUT2D eigenvalue weighted by atomic mass is 10.1. The van der Waals surface area contributed by atoms with Gasteiger partial charge in [-0.25, -0.2) is 0 Å². The number of carbonyl (C=O) groups excluding carboxylic acids is 2. The van der Waals surface area contributed by atoms with Crippen molar-refractivity contribution < 1.29 is 14.3 Å². The average Bonchev–Trinajstić information content (AvgIpc) is 3.53. The highest BCUT2D eigenvalue weighted by Crippen LogP contribution is 2.22. The van der Waals surface area contributed by atoms with E-state index in [0.717, 1.165) is 36.2 Å². The molecule has 4 heterocycles. The van der Waals surface area contributed by atoms with Gasteiger partial charge in [-0.05, 0) is 43.9 Å². The van der Waals surface area contributed by atoms with Gasteiger partial charge in [0.2, 0.25) is 11.8 Å². The van der Waals surface area contributed by atoms with Crippen LogP contribution in [0.1, 0.15) is 31.4 Å². The van der Waals surface area contributed by atoms with Crippen molar-refractivity contribution in [2.75, 3.05) is 13.2 Å². The van der Waals surface area contributed by atoms with Crippen LogP contribution in [0.2, 0.25) is 0 Å². The molecule has 2 fully saturated rings. The van der Waals surface area contributed by atoms with E-state index in [0.29, 0.717) is 26.1 Å². The maximum absolute atomic E-state index is 12.8. The Morgan fingerprint density at radius 2 is 2.17 bits per heavy atom. The molecule has 9 nitrogen and oxygen atoms in total. The molecule has 2 aliphatic heterocycles. The molecule has 4 rings (SSSR count). The quantitative estimate of drug-likeness (QED) is 0.718. The summed E-state index contributed by atoms with van der Waals surface area (Å²) in [6, 6.07) is 4.57. The van der Waals surface area contributed by atoms with E-state index in [1.807, 2.05) is 25.2 Å². The fourth-order valence-electron chi connectivity index (χ4n) is 4.17. The number of hydrogen-bond acceptors (Lipinski definition) is 6. The second kappa shape index (κ2) is 8.93. The number of likely N-dealkylation sites (tertiary alicyclic amines) is 1. The predicted molar refractivity (Wildman–Crippen MR) is 110 cm³/mol. The summed E-state index contributed by atoms with van der Waals surface area (Å²) in [5.74, 6) is -0.365. The summed E-state index contributed by atoms with van der Waals surface area (Å²) in [5, 5.41) is 7.08. The number of nitrogens with two attached hydrogens (primary N) is 1. The highest BCUT2D eigenvalue weighted by atomic mass is 16.5. The minimum absolute atomic E-state index is 0.169. The number of carbonyl (C=O) groups is 2. The Morgan fingerprint density at radius 1 is 1.30 bits per heavy atom. The molecule has 9 heteroatoms. The van der Waals surface area contributed by atoms with Crippen LogP contribution in [0.3, 0.4) is 0 Å². The molecule has 0 aliphatic carbocycles. The zero-order chi connectivity index (χ0) is 21.1. The van der Waals surface area contributed by atoms with Crippen LogP contribution >= 0.6 is 0 Å². The number of pyridine rings is 1. The minimum Gasteiger partial charge on any atom is -0.376 e. The van der Waals surface area contributed by atoms with Crippen molar-refractivity contribution >= 4 is 11.8 Å². The molecule has 2 aliphatic rings. The van der Waals surface area contributed by atoms with E-state index in [9.17, 15) is 9.59 Å². The Labute approximate surface area is 175 Å². The number of rotatable bonds is 6. The third kappa shape index (κ3) is 4.22. The van der Waals surface area contributed by atoms with Gasteiger partial charge in [-0.2, -0.15) is 5.10 Å². The standard InChI is InChI=1S/C21H28N6O3/c1-26-16(8-9-25-26)14-6-7-15(23-12-14)13-24-20(28)17-4-2-10-27(17)21(29)19(22)18-5-3-11-30-18/h6-9,12,17-19H,2-5,10-11,13,22H2,1H3,(H,24,28). The lowest BCUT2D eigenvalue weighted by molar-refractivity contribution is -0.141. The van der Waals surface area contributed by atoms with Gasteiger partial charge in [0.25, 0.3) is 0 Å². The van der Waals surface area contributed by atoms with Crippen LogP contribution in [0.25, 0.3) is 11.3 Å². The molecule has 0 radical (unpaired) electrons. The first kappa shape index (κ1) is 20.5. The van der Waals surface area contributed by atoms with Crippen molar-refractivity contribution in [1.29, 1.82) is 0 Å². The van der Waals surface area contributed by atoms with Gasteiger partial charge in [-0.1, -0.05) is 0 Å². The van der Waals surface area contributed by atoms with Gasteiger partial charge in [-0.15, -0.1) is 0 Å². The van der Waals surface area contributed by atoms with Crippen molar-refractivity contribution in [2.45, 2.75) is 50.4 Å². The zero-order valence-electron chi connectivity index (χ0n) is 17.2. The number of aryl methyl sites for hydroxylation is 1. The molecular weight excluding hydrogens is 384 g/mol. The predicted octanol–water partition coefficient (Wildman–Crippen LogP) is 0.596. The van der Waals surface area contributed by atoms with Crippen molar-refractivity contribution in [1.82, 2.24) is 25.0 Å². The monoisotopic (exact) mass is 412 g/mol. The normalized spacial score (nSPS) is 22.3. The van der Waals surface area contributed by atoms with Gasteiger partial charge >= 0.3 is 0 Å². The third-order valence-corrected chi connectivity index (χ3v) is 5.87. The van der Waals surface area contributed by atoms with Gasteiger partial charge in [-0.3, -0.25) is 19.3 Å². The summed E-state index contributed by atoms with van der Waals surface area (Å²) in [6.07, 6.45) is 6.40. The van der Waals surface area contributed by atoms with Crippen LogP contribution in [0, 0.1) is 0 Å². The molecule has 2 aromatic heterocycles. The first-order chi connectivity index (χ1) is 14.5. The van der Waals surface area contributed by atoms with E-state index < -0.39 is 12.1 Å². The van der Waals surface area contributed by atoms with Crippen molar-refractivity contribution in [3.8, 4) is 11.3 Å². The maximum Gasteiger partial charge on any atom is 0.243 e. The van der Waals surface area contributed by atoms with E-state index in [2.05, 4.69) is 15.4 Å². The smallest absolute Gasteiger partial charge is 0.243 e. The Morgan fingerprint density at radius 3 is 2.83 bits per heavy atom. The number of hydrogen-bond donors (Lipinski definition) is 2. The second-order valence-electron chi connectivity index (χ2n) is 7.86.